The average Bonchev–Trinajstić information content (AvgIpc) is 3.18. The highest BCUT2D eigenvalue weighted by molar-refractivity contribution is 5.35. The normalized spacial score (nSPS) is 31.6. The number of rotatable bonds is 2. The van der Waals surface area contributed by atoms with Gasteiger partial charge in [0.05, 0.1) is 11.4 Å². The van der Waals surface area contributed by atoms with E-state index in [1.165, 1.54) is 36.2 Å². The Morgan fingerprint density at radius 2 is 2.00 bits per heavy atom. The zero-order chi connectivity index (χ0) is 10.7. The molecule has 3 heteroatoms. The second-order valence-electron chi connectivity index (χ2n) is 5.59. The van der Waals surface area contributed by atoms with E-state index in [0.717, 1.165) is 30.7 Å². The van der Waals surface area contributed by atoms with Crippen molar-refractivity contribution in [3.8, 4) is 0 Å². The van der Waals surface area contributed by atoms with Crippen molar-refractivity contribution < 1.29 is 0 Å². The molecule has 0 amide bonds. The molecule has 2 saturated carbocycles. The summed E-state index contributed by atoms with van der Waals surface area (Å²) in [6.45, 7) is 4.24. The van der Waals surface area contributed by atoms with Crippen molar-refractivity contribution in [2.75, 3.05) is 0 Å². The zero-order valence-corrected chi connectivity index (χ0v) is 9.66. The molecular formula is C13H17N3. The summed E-state index contributed by atoms with van der Waals surface area (Å²) in [7, 11) is 0. The molecule has 0 aromatic carbocycles. The maximum Gasteiger partial charge on any atom is 0.132 e. The van der Waals surface area contributed by atoms with Gasteiger partial charge in [0.15, 0.2) is 0 Å². The highest BCUT2D eigenvalue weighted by Crippen LogP contribution is 2.47. The highest BCUT2D eigenvalue weighted by Gasteiger charge is 2.39. The van der Waals surface area contributed by atoms with Gasteiger partial charge in [-0.05, 0) is 25.2 Å². The summed E-state index contributed by atoms with van der Waals surface area (Å²) in [5.41, 5.74) is 4.08. The van der Waals surface area contributed by atoms with Crippen LogP contribution in [0.2, 0.25) is 0 Å². The smallest absolute Gasteiger partial charge is 0.132 e. The summed E-state index contributed by atoms with van der Waals surface area (Å²) in [6.07, 6.45) is 3.96. The molecule has 0 bridgehead atoms. The van der Waals surface area contributed by atoms with Crippen molar-refractivity contribution in [1.29, 1.82) is 0 Å². The summed E-state index contributed by atoms with van der Waals surface area (Å²) in [6, 6.07) is 0. The minimum Gasteiger partial charge on any atom is -0.307 e. The van der Waals surface area contributed by atoms with E-state index in [0.29, 0.717) is 5.92 Å². The Labute approximate surface area is 95.7 Å². The van der Waals surface area contributed by atoms with Gasteiger partial charge in [-0.15, -0.1) is 0 Å². The Balaban J connectivity index is 1.81. The van der Waals surface area contributed by atoms with Crippen molar-refractivity contribution in [1.82, 2.24) is 15.3 Å². The van der Waals surface area contributed by atoms with Gasteiger partial charge in [-0.1, -0.05) is 6.92 Å². The molecule has 3 nitrogen and oxygen atoms in total. The van der Waals surface area contributed by atoms with Crippen LogP contribution < -0.4 is 5.32 Å². The Morgan fingerprint density at radius 1 is 1.19 bits per heavy atom. The number of hydrogen-bond acceptors (Lipinski definition) is 3. The molecule has 4 rings (SSSR count). The molecule has 84 valence electrons. The molecule has 1 N–H and O–H groups in total. The Morgan fingerprint density at radius 3 is 2.69 bits per heavy atom. The molecule has 0 spiro atoms. The van der Waals surface area contributed by atoms with Gasteiger partial charge < -0.3 is 5.32 Å². The van der Waals surface area contributed by atoms with Gasteiger partial charge in [0.2, 0.25) is 0 Å². The third-order valence-electron chi connectivity index (χ3n) is 4.14. The fourth-order valence-corrected chi connectivity index (χ4v) is 2.76. The predicted molar refractivity (Wildman–Crippen MR) is 61.1 cm³/mol. The Kier molecular flexibility index (Phi) is 1.73. The summed E-state index contributed by atoms with van der Waals surface area (Å²) >= 11 is 0. The summed E-state index contributed by atoms with van der Waals surface area (Å²) in [5.74, 6) is 3.35. The van der Waals surface area contributed by atoms with E-state index in [-0.39, 0.29) is 0 Å². The first-order valence-corrected chi connectivity index (χ1v) is 6.43. The van der Waals surface area contributed by atoms with Crippen LogP contribution in [-0.2, 0) is 13.1 Å². The zero-order valence-electron chi connectivity index (χ0n) is 9.66. The molecule has 3 aliphatic rings. The van der Waals surface area contributed by atoms with E-state index in [1.807, 2.05) is 0 Å². The fraction of sp³-hybridized carbons (Fsp3) is 0.692. The van der Waals surface area contributed by atoms with Gasteiger partial charge >= 0.3 is 0 Å². The fourth-order valence-electron chi connectivity index (χ4n) is 2.76. The number of nitrogens with zero attached hydrogens (tertiary/aromatic N) is 2. The van der Waals surface area contributed by atoms with Gasteiger partial charge in [0.25, 0.3) is 0 Å². The summed E-state index contributed by atoms with van der Waals surface area (Å²) in [5, 5.41) is 3.41. The van der Waals surface area contributed by atoms with E-state index >= 15 is 0 Å². The molecule has 2 unspecified atom stereocenters. The monoisotopic (exact) mass is 215 g/mol. The maximum atomic E-state index is 4.87. The predicted octanol–water partition coefficient (Wildman–Crippen LogP) is 2.08. The molecule has 1 aromatic rings. The van der Waals surface area contributed by atoms with Crippen LogP contribution in [0.15, 0.2) is 0 Å². The average molecular weight is 215 g/mol. The van der Waals surface area contributed by atoms with Crippen LogP contribution in [0.5, 0.6) is 0 Å². The lowest BCUT2D eigenvalue weighted by Crippen LogP contribution is -2.04. The van der Waals surface area contributed by atoms with E-state index in [1.54, 1.807) is 0 Å². The van der Waals surface area contributed by atoms with Gasteiger partial charge in [-0.2, -0.15) is 0 Å². The molecule has 16 heavy (non-hydrogen) atoms. The molecule has 0 saturated heterocycles. The van der Waals surface area contributed by atoms with Crippen LogP contribution in [0.25, 0.3) is 0 Å². The lowest BCUT2D eigenvalue weighted by Gasteiger charge is -2.08. The van der Waals surface area contributed by atoms with Crippen LogP contribution in [0, 0.1) is 5.92 Å². The van der Waals surface area contributed by atoms with Crippen molar-refractivity contribution in [2.24, 2.45) is 5.92 Å². The van der Waals surface area contributed by atoms with Gasteiger partial charge in [0.1, 0.15) is 5.82 Å². The molecule has 2 fully saturated rings. The van der Waals surface area contributed by atoms with Crippen LogP contribution in [0.1, 0.15) is 60.8 Å². The number of aromatic nitrogens is 2. The summed E-state index contributed by atoms with van der Waals surface area (Å²) in [4.78, 5) is 9.63. The molecule has 2 aliphatic carbocycles. The van der Waals surface area contributed by atoms with Crippen molar-refractivity contribution >= 4 is 0 Å². The molecule has 2 heterocycles. The van der Waals surface area contributed by atoms with E-state index in [2.05, 4.69) is 12.2 Å². The summed E-state index contributed by atoms with van der Waals surface area (Å²) < 4.78 is 0. The van der Waals surface area contributed by atoms with Crippen molar-refractivity contribution in [3.63, 3.8) is 0 Å². The first kappa shape index (κ1) is 9.11. The van der Waals surface area contributed by atoms with Crippen LogP contribution >= 0.6 is 0 Å². The van der Waals surface area contributed by atoms with Crippen molar-refractivity contribution in [2.45, 2.75) is 51.1 Å². The third kappa shape index (κ3) is 1.31. The minimum atomic E-state index is 0.656. The topological polar surface area (TPSA) is 37.8 Å². The van der Waals surface area contributed by atoms with E-state index in [4.69, 9.17) is 9.97 Å². The quantitative estimate of drug-likeness (QED) is 0.820. The second kappa shape index (κ2) is 3.04. The lowest BCUT2D eigenvalue weighted by atomic mass is 10.1. The van der Waals surface area contributed by atoms with Crippen molar-refractivity contribution in [3.05, 3.63) is 22.8 Å². The Bertz CT molecular complexity index is 451. The maximum absolute atomic E-state index is 4.87. The molecule has 0 radical (unpaired) electrons. The highest BCUT2D eigenvalue weighted by atomic mass is 15.0. The molecule has 1 aliphatic heterocycles. The largest absolute Gasteiger partial charge is 0.307 e. The molecule has 1 aromatic heterocycles. The first-order valence-electron chi connectivity index (χ1n) is 6.43. The van der Waals surface area contributed by atoms with Gasteiger partial charge in [-0.25, -0.2) is 9.97 Å². The second-order valence-corrected chi connectivity index (χ2v) is 5.59. The molecular weight excluding hydrogens is 198 g/mol. The standard InChI is InChI=1S/C13H17N3/c1-7-4-9(7)13-15-11-6-14-5-10(11)12(16-13)8-2-3-8/h7-9,14H,2-6H2,1H3. The first-order chi connectivity index (χ1) is 7.83. The number of nitrogens with one attached hydrogen (secondary N) is 1. The molecule has 2 atom stereocenters. The lowest BCUT2D eigenvalue weighted by molar-refractivity contribution is 0.753. The third-order valence-corrected chi connectivity index (χ3v) is 4.14. The van der Waals surface area contributed by atoms with Crippen LogP contribution in [-0.4, -0.2) is 9.97 Å². The SMILES string of the molecule is CC1CC1c1nc2c(c(C3CC3)n1)CNC2. The Hall–Kier alpha value is -0.960. The van der Waals surface area contributed by atoms with Gasteiger partial charge in [0, 0.05) is 30.5 Å². The van der Waals surface area contributed by atoms with Crippen LogP contribution in [0.4, 0.5) is 0 Å². The number of hydrogen-bond donors (Lipinski definition) is 1. The van der Waals surface area contributed by atoms with Crippen LogP contribution in [0.3, 0.4) is 0 Å². The minimum absolute atomic E-state index is 0.656. The van der Waals surface area contributed by atoms with E-state index < -0.39 is 0 Å². The van der Waals surface area contributed by atoms with E-state index in [9.17, 15) is 0 Å². The van der Waals surface area contributed by atoms with Gasteiger partial charge in [-0.3, -0.25) is 0 Å². The number of fused-ring (bicyclic) bond motifs is 1.